The lowest BCUT2D eigenvalue weighted by atomic mass is 10.1. The summed E-state index contributed by atoms with van der Waals surface area (Å²) in [5, 5.41) is 9.43. The minimum atomic E-state index is -4.47. The second kappa shape index (κ2) is 10.7. The van der Waals surface area contributed by atoms with Gasteiger partial charge in [-0.3, -0.25) is 9.59 Å². The van der Waals surface area contributed by atoms with Gasteiger partial charge < -0.3 is 15.5 Å². The number of rotatable bonds is 8. The van der Waals surface area contributed by atoms with Crippen molar-refractivity contribution in [2.24, 2.45) is 0 Å². The third-order valence-corrected chi connectivity index (χ3v) is 5.70. The van der Waals surface area contributed by atoms with Crippen LogP contribution >= 0.6 is 0 Å². The van der Waals surface area contributed by atoms with Crippen LogP contribution in [-0.2, 0) is 0 Å². The zero-order chi connectivity index (χ0) is 26.6. The molecule has 2 heterocycles. The van der Waals surface area contributed by atoms with Gasteiger partial charge in [-0.1, -0.05) is 12.1 Å². The van der Waals surface area contributed by atoms with Crippen molar-refractivity contribution in [2.45, 2.75) is 20.0 Å². The van der Waals surface area contributed by atoms with Crippen LogP contribution < -0.4 is 10.6 Å². The van der Waals surface area contributed by atoms with Crippen molar-refractivity contribution >= 4 is 29.1 Å². The number of anilines is 2. The molecule has 0 fully saturated rings. The van der Waals surface area contributed by atoms with Crippen LogP contribution in [0.15, 0.2) is 66.9 Å². The van der Waals surface area contributed by atoms with Gasteiger partial charge in [0.25, 0.3) is 11.8 Å². The van der Waals surface area contributed by atoms with Crippen molar-refractivity contribution in [2.75, 3.05) is 25.0 Å². The summed E-state index contributed by atoms with van der Waals surface area (Å²) < 4.78 is 38.6. The summed E-state index contributed by atoms with van der Waals surface area (Å²) in [5.74, 6) is -0.446. The van der Waals surface area contributed by atoms with E-state index in [0.29, 0.717) is 30.2 Å². The van der Waals surface area contributed by atoms with E-state index >= 15 is 0 Å². The molecule has 0 bridgehead atoms. The molecule has 0 aliphatic carbocycles. The topological polar surface area (TPSA) is 91.6 Å². The molecule has 11 heteroatoms. The minimum Gasteiger partial charge on any atom is -0.343 e. The van der Waals surface area contributed by atoms with Gasteiger partial charge in [0.1, 0.15) is 6.54 Å². The molecule has 0 spiro atoms. The number of pyridine rings is 1. The van der Waals surface area contributed by atoms with Gasteiger partial charge in [0.15, 0.2) is 5.65 Å². The molecular formula is C26H25F3N6O2. The lowest BCUT2D eigenvalue weighted by Gasteiger charge is -2.18. The molecule has 4 aromatic rings. The average molecular weight is 511 g/mol. The van der Waals surface area contributed by atoms with Gasteiger partial charge in [-0.05, 0) is 67.9 Å². The van der Waals surface area contributed by atoms with Gasteiger partial charge in [0, 0.05) is 41.7 Å². The maximum atomic E-state index is 12.5. The highest BCUT2D eigenvalue weighted by Crippen LogP contribution is 2.22. The third kappa shape index (κ3) is 6.24. The Morgan fingerprint density at radius 1 is 0.892 bits per heavy atom. The summed E-state index contributed by atoms with van der Waals surface area (Å²) >= 11 is 0. The van der Waals surface area contributed by atoms with E-state index in [9.17, 15) is 22.8 Å². The maximum Gasteiger partial charge on any atom is 0.405 e. The quantitative estimate of drug-likeness (QED) is 0.351. The number of nitrogens with one attached hydrogen (secondary N) is 2. The monoisotopic (exact) mass is 510 g/mol. The molecule has 37 heavy (non-hydrogen) atoms. The van der Waals surface area contributed by atoms with Crippen LogP contribution in [0.2, 0.25) is 0 Å². The number of hydrogen-bond acceptors (Lipinski definition) is 5. The summed E-state index contributed by atoms with van der Waals surface area (Å²) in [7, 11) is 0. The molecule has 8 nitrogen and oxygen atoms in total. The lowest BCUT2D eigenvalue weighted by Crippen LogP contribution is -2.33. The van der Waals surface area contributed by atoms with Crippen LogP contribution in [0.4, 0.5) is 24.8 Å². The van der Waals surface area contributed by atoms with Crippen LogP contribution in [0, 0.1) is 0 Å². The van der Waals surface area contributed by atoms with Crippen molar-refractivity contribution in [3.63, 3.8) is 0 Å². The molecule has 0 saturated heterocycles. The molecule has 2 amide bonds. The Morgan fingerprint density at radius 3 is 2.14 bits per heavy atom. The molecule has 2 aromatic carbocycles. The summed E-state index contributed by atoms with van der Waals surface area (Å²) in [6, 6.07) is 16.9. The largest absolute Gasteiger partial charge is 0.405 e. The molecule has 0 unspecified atom stereocenters. The molecule has 0 radical (unpaired) electrons. The number of carbonyl (C=O) groups excluding carboxylic acids is 2. The van der Waals surface area contributed by atoms with E-state index < -0.39 is 18.6 Å². The van der Waals surface area contributed by atoms with Crippen molar-refractivity contribution < 1.29 is 22.8 Å². The first-order valence-corrected chi connectivity index (χ1v) is 11.6. The number of benzene rings is 2. The molecule has 2 aromatic heterocycles. The minimum absolute atomic E-state index is 0.0232. The van der Waals surface area contributed by atoms with Gasteiger partial charge in [-0.15, -0.1) is 5.10 Å². The average Bonchev–Trinajstić information content (AvgIpc) is 3.29. The molecule has 0 atom stereocenters. The highest BCUT2D eigenvalue weighted by molar-refractivity contribution is 5.95. The van der Waals surface area contributed by atoms with E-state index in [4.69, 9.17) is 0 Å². The number of hydrogen-bond donors (Lipinski definition) is 2. The van der Waals surface area contributed by atoms with Crippen LogP contribution in [0.25, 0.3) is 16.8 Å². The van der Waals surface area contributed by atoms with Crippen LogP contribution in [-0.4, -0.2) is 57.1 Å². The fourth-order valence-corrected chi connectivity index (χ4v) is 3.72. The second-order valence-corrected chi connectivity index (χ2v) is 8.21. The highest BCUT2D eigenvalue weighted by Gasteiger charge is 2.27. The van der Waals surface area contributed by atoms with E-state index in [1.54, 1.807) is 58.1 Å². The highest BCUT2D eigenvalue weighted by atomic mass is 19.4. The van der Waals surface area contributed by atoms with Crippen molar-refractivity contribution in [3.05, 3.63) is 78.0 Å². The predicted octanol–water partition coefficient (Wildman–Crippen LogP) is 4.91. The summed E-state index contributed by atoms with van der Waals surface area (Å²) in [6.45, 7) is 3.78. The normalized spacial score (nSPS) is 11.4. The smallest absolute Gasteiger partial charge is 0.343 e. The Morgan fingerprint density at radius 2 is 1.51 bits per heavy atom. The molecule has 4 rings (SSSR count). The van der Waals surface area contributed by atoms with Gasteiger partial charge in [-0.2, -0.15) is 18.2 Å². The fraction of sp³-hybridized carbons (Fsp3) is 0.231. The molecule has 2 N–H and O–H groups in total. The van der Waals surface area contributed by atoms with Crippen LogP contribution in [0.1, 0.15) is 34.6 Å². The Balaban J connectivity index is 1.45. The van der Waals surface area contributed by atoms with Gasteiger partial charge in [-0.25, -0.2) is 4.52 Å². The van der Waals surface area contributed by atoms with E-state index in [1.165, 1.54) is 12.1 Å². The molecular weight excluding hydrogens is 485 g/mol. The van der Waals surface area contributed by atoms with E-state index in [2.05, 4.69) is 15.4 Å². The lowest BCUT2D eigenvalue weighted by molar-refractivity contribution is -0.123. The first-order chi connectivity index (χ1) is 17.7. The Kier molecular flexibility index (Phi) is 7.42. The van der Waals surface area contributed by atoms with Crippen LogP contribution in [0.3, 0.4) is 0 Å². The Hall–Kier alpha value is -4.41. The standard InChI is InChI=1S/C26H25F3N6O2/c1-3-34(4-2)24(37)19-9-12-21(13-10-19)31-25-32-22-14-11-20(15-35(22)33-25)17-5-7-18(8-6-17)23(36)30-16-26(27,28)29/h5-15H,3-4,16H2,1-2H3,(H,30,36)(H,31,33). The van der Waals surface area contributed by atoms with E-state index in [0.717, 1.165) is 16.8 Å². The molecule has 0 aliphatic heterocycles. The van der Waals surface area contributed by atoms with Gasteiger partial charge in [0.2, 0.25) is 5.95 Å². The zero-order valence-corrected chi connectivity index (χ0v) is 20.2. The third-order valence-electron chi connectivity index (χ3n) is 5.70. The number of amides is 2. The van der Waals surface area contributed by atoms with Crippen LogP contribution in [0.5, 0.6) is 0 Å². The Bertz CT molecular complexity index is 1390. The molecule has 0 aliphatic rings. The number of halogens is 3. The van der Waals surface area contributed by atoms with E-state index in [-0.39, 0.29) is 11.5 Å². The number of carbonyl (C=O) groups is 2. The number of nitrogens with zero attached hydrogens (tertiary/aromatic N) is 4. The Labute approximate surface area is 211 Å². The van der Waals surface area contributed by atoms with Gasteiger partial charge >= 0.3 is 6.18 Å². The van der Waals surface area contributed by atoms with Gasteiger partial charge in [0.05, 0.1) is 0 Å². The first kappa shape index (κ1) is 25.7. The van der Waals surface area contributed by atoms with Crippen molar-refractivity contribution in [3.8, 4) is 11.1 Å². The summed E-state index contributed by atoms with van der Waals surface area (Å²) in [6.07, 6.45) is -2.71. The first-order valence-electron chi connectivity index (χ1n) is 11.6. The SMILES string of the molecule is CCN(CC)C(=O)c1ccc(Nc2nc3ccc(-c4ccc(C(=O)NCC(F)(F)F)cc4)cn3n2)cc1. The number of fused-ring (bicyclic) bond motifs is 1. The second-order valence-electron chi connectivity index (χ2n) is 8.21. The number of alkyl halides is 3. The van der Waals surface area contributed by atoms with Crippen molar-refractivity contribution in [1.29, 1.82) is 0 Å². The fourth-order valence-electron chi connectivity index (χ4n) is 3.72. The molecule has 0 saturated carbocycles. The maximum absolute atomic E-state index is 12.5. The van der Waals surface area contributed by atoms with E-state index in [1.807, 2.05) is 25.2 Å². The summed E-state index contributed by atoms with van der Waals surface area (Å²) in [5.41, 5.74) is 3.60. The van der Waals surface area contributed by atoms with Crippen molar-refractivity contribution in [1.82, 2.24) is 24.8 Å². The summed E-state index contributed by atoms with van der Waals surface area (Å²) in [4.78, 5) is 30.6. The predicted molar refractivity (Wildman–Crippen MR) is 134 cm³/mol. The zero-order valence-electron chi connectivity index (χ0n) is 20.2. The molecule has 192 valence electrons. The number of aromatic nitrogens is 3.